The molecule has 2 aromatic heterocycles. The van der Waals surface area contributed by atoms with Gasteiger partial charge in [0.15, 0.2) is 0 Å². The van der Waals surface area contributed by atoms with E-state index < -0.39 is 0 Å². The highest BCUT2D eigenvalue weighted by Gasteiger charge is 2.27. The summed E-state index contributed by atoms with van der Waals surface area (Å²) in [6.45, 7) is 5.01. The number of fused-ring (bicyclic) bond motifs is 2. The van der Waals surface area contributed by atoms with Gasteiger partial charge >= 0.3 is 0 Å². The maximum Gasteiger partial charge on any atom is 0.261 e. The van der Waals surface area contributed by atoms with E-state index in [0.717, 1.165) is 18.7 Å². The molecule has 0 saturated heterocycles. The molecular weight excluding hydrogens is 305 g/mol. The molecule has 122 valence electrons. The Morgan fingerprint density at radius 3 is 2.88 bits per heavy atom. The molecule has 1 aliphatic heterocycles. The zero-order chi connectivity index (χ0) is 16.9. The lowest BCUT2D eigenvalue weighted by Gasteiger charge is -2.31. The van der Waals surface area contributed by atoms with Crippen molar-refractivity contribution in [1.82, 2.24) is 14.5 Å². The van der Waals surface area contributed by atoms with Crippen LogP contribution in [-0.4, -0.2) is 14.5 Å². The zero-order valence-electron chi connectivity index (χ0n) is 13.7. The minimum absolute atomic E-state index is 0.0178. The minimum atomic E-state index is -0.381. The van der Waals surface area contributed by atoms with Crippen LogP contribution in [-0.2, 0) is 13.0 Å². The van der Waals surface area contributed by atoms with Crippen LogP contribution in [0.2, 0.25) is 0 Å². The van der Waals surface area contributed by atoms with Gasteiger partial charge in [-0.05, 0) is 36.1 Å². The second-order valence-corrected chi connectivity index (χ2v) is 7.15. The van der Waals surface area contributed by atoms with Crippen LogP contribution < -0.4 is 5.56 Å². The summed E-state index contributed by atoms with van der Waals surface area (Å²) in [7, 11) is 0. The number of benzene rings is 1. The van der Waals surface area contributed by atoms with Crippen molar-refractivity contribution >= 4 is 10.9 Å². The highest BCUT2D eigenvalue weighted by molar-refractivity contribution is 5.83. The van der Waals surface area contributed by atoms with Crippen LogP contribution in [0.1, 0.15) is 26.1 Å². The first kappa shape index (κ1) is 15.0. The van der Waals surface area contributed by atoms with Crippen molar-refractivity contribution in [3.63, 3.8) is 0 Å². The van der Waals surface area contributed by atoms with Crippen LogP contribution in [0.15, 0.2) is 41.3 Å². The fourth-order valence-electron chi connectivity index (χ4n) is 3.32. The molecule has 1 aromatic carbocycles. The van der Waals surface area contributed by atoms with Crippen LogP contribution in [0.3, 0.4) is 0 Å². The predicted molar refractivity (Wildman–Crippen MR) is 91.3 cm³/mol. The van der Waals surface area contributed by atoms with Crippen LogP contribution in [0.4, 0.5) is 4.39 Å². The lowest BCUT2D eigenvalue weighted by Crippen LogP contribution is -2.36. The molecule has 0 saturated carbocycles. The summed E-state index contributed by atoms with van der Waals surface area (Å²) in [5.41, 5.74) is 1.60. The standard InChI is InChI=1S/C19H18FN3O/c1-19(2)8-7-16-22-15-10-12(17-14(20)4-3-9-21-17)5-6-13(15)18(24)23(16)11-19/h3-6,9-10H,7-8,11H2,1-2H3. The summed E-state index contributed by atoms with van der Waals surface area (Å²) >= 11 is 0. The molecule has 3 heterocycles. The number of rotatable bonds is 1. The van der Waals surface area contributed by atoms with Gasteiger partial charge in [0, 0.05) is 24.7 Å². The normalized spacial score (nSPS) is 16.1. The first-order valence-electron chi connectivity index (χ1n) is 8.09. The van der Waals surface area contributed by atoms with E-state index in [4.69, 9.17) is 0 Å². The number of aromatic nitrogens is 3. The van der Waals surface area contributed by atoms with Gasteiger partial charge in [0.25, 0.3) is 5.56 Å². The summed E-state index contributed by atoms with van der Waals surface area (Å²) < 4.78 is 15.7. The van der Waals surface area contributed by atoms with Gasteiger partial charge in [-0.1, -0.05) is 19.9 Å². The lowest BCUT2D eigenvalue weighted by molar-refractivity contribution is 0.240. The largest absolute Gasteiger partial charge is 0.296 e. The smallest absolute Gasteiger partial charge is 0.261 e. The van der Waals surface area contributed by atoms with Gasteiger partial charge in [-0.2, -0.15) is 0 Å². The molecule has 0 unspecified atom stereocenters. The highest BCUT2D eigenvalue weighted by Crippen LogP contribution is 2.30. The summed E-state index contributed by atoms with van der Waals surface area (Å²) in [6, 6.07) is 8.15. The molecule has 0 amide bonds. The fraction of sp³-hybridized carbons (Fsp3) is 0.316. The second kappa shape index (κ2) is 5.23. The molecule has 0 N–H and O–H groups in total. The van der Waals surface area contributed by atoms with Crippen LogP contribution in [0.5, 0.6) is 0 Å². The van der Waals surface area contributed by atoms with Crippen molar-refractivity contribution in [2.45, 2.75) is 33.2 Å². The molecule has 24 heavy (non-hydrogen) atoms. The van der Waals surface area contributed by atoms with Crippen molar-refractivity contribution < 1.29 is 4.39 Å². The number of hydrogen-bond donors (Lipinski definition) is 0. The molecule has 4 rings (SSSR count). The molecule has 0 bridgehead atoms. The number of halogens is 1. The molecule has 3 aromatic rings. The van der Waals surface area contributed by atoms with Gasteiger partial charge in [-0.3, -0.25) is 14.3 Å². The highest BCUT2D eigenvalue weighted by atomic mass is 19.1. The summed E-state index contributed by atoms with van der Waals surface area (Å²) in [4.78, 5) is 21.6. The van der Waals surface area contributed by atoms with E-state index in [0.29, 0.717) is 23.0 Å². The number of hydrogen-bond acceptors (Lipinski definition) is 3. The molecule has 0 aliphatic carbocycles. The van der Waals surface area contributed by atoms with Gasteiger partial charge in [0.05, 0.1) is 10.9 Å². The molecule has 1 aliphatic rings. The molecule has 0 atom stereocenters. The third-order valence-electron chi connectivity index (χ3n) is 4.68. The van der Waals surface area contributed by atoms with Crippen LogP contribution in [0.25, 0.3) is 22.2 Å². The van der Waals surface area contributed by atoms with E-state index in [-0.39, 0.29) is 22.5 Å². The minimum Gasteiger partial charge on any atom is -0.296 e. The molecular formula is C19H18FN3O. The topological polar surface area (TPSA) is 47.8 Å². The van der Waals surface area contributed by atoms with E-state index in [1.165, 1.54) is 6.07 Å². The molecule has 4 nitrogen and oxygen atoms in total. The van der Waals surface area contributed by atoms with E-state index in [1.807, 2.05) is 0 Å². The van der Waals surface area contributed by atoms with Gasteiger partial charge in [-0.25, -0.2) is 9.37 Å². The molecule has 0 fully saturated rings. The number of nitrogens with zero attached hydrogens (tertiary/aromatic N) is 3. The van der Waals surface area contributed by atoms with E-state index in [1.54, 1.807) is 35.0 Å². The van der Waals surface area contributed by atoms with Crippen molar-refractivity contribution in [3.8, 4) is 11.3 Å². The summed E-state index contributed by atoms with van der Waals surface area (Å²) in [5.74, 6) is 0.429. The average Bonchev–Trinajstić information content (AvgIpc) is 2.55. The fourth-order valence-corrected chi connectivity index (χ4v) is 3.32. The Labute approximate surface area is 139 Å². The Kier molecular flexibility index (Phi) is 3.27. The first-order valence-corrected chi connectivity index (χ1v) is 8.09. The SMILES string of the molecule is CC1(C)CCc2nc3cc(-c4ncccc4F)ccc3c(=O)n2C1. The maximum atomic E-state index is 14.0. The van der Waals surface area contributed by atoms with Crippen molar-refractivity contribution in [1.29, 1.82) is 0 Å². The Hall–Kier alpha value is -2.56. The summed E-state index contributed by atoms with van der Waals surface area (Å²) in [5, 5.41) is 0.566. The lowest BCUT2D eigenvalue weighted by atomic mass is 9.85. The third-order valence-corrected chi connectivity index (χ3v) is 4.68. The first-order chi connectivity index (χ1) is 11.4. The number of pyridine rings is 1. The van der Waals surface area contributed by atoms with Gasteiger partial charge < -0.3 is 0 Å². The predicted octanol–water partition coefficient (Wildman–Crippen LogP) is 3.57. The van der Waals surface area contributed by atoms with Crippen molar-refractivity contribution in [2.24, 2.45) is 5.41 Å². The van der Waals surface area contributed by atoms with Gasteiger partial charge in [0.2, 0.25) is 0 Å². The molecule has 0 spiro atoms. The molecule has 0 radical (unpaired) electrons. The maximum absolute atomic E-state index is 14.0. The Morgan fingerprint density at radius 1 is 1.25 bits per heavy atom. The molecule has 5 heteroatoms. The number of aryl methyl sites for hydroxylation is 1. The van der Waals surface area contributed by atoms with Crippen molar-refractivity contribution in [3.05, 3.63) is 58.5 Å². The second-order valence-electron chi connectivity index (χ2n) is 7.15. The van der Waals surface area contributed by atoms with Crippen molar-refractivity contribution in [2.75, 3.05) is 0 Å². The monoisotopic (exact) mass is 323 g/mol. The Bertz CT molecular complexity index is 1010. The van der Waals surface area contributed by atoms with Crippen LogP contribution >= 0.6 is 0 Å². The average molecular weight is 323 g/mol. The van der Waals surface area contributed by atoms with E-state index in [9.17, 15) is 9.18 Å². The van der Waals surface area contributed by atoms with Gasteiger partial charge in [-0.15, -0.1) is 0 Å². The van der Waals surface area contributed by atoms with Crippen LogP contribution in [0, 0.1) is 11.2 Å². The zero-order valence-corrected chi connectivity index (χ0v) is 13.7. The third kappa shape index (κ3) is 2.40. The van der Waals surface area contributed by atoms with E-state index in [2.05, 4.69) is 23.8 Å². The quantitative estimate of drug-likeness (QED) is 0.688. The van der Waals surface area contributed by atoms with E-state index >= 15 is 0 Å². The summed E-state index contributed by atoms with van der Waals surface area (Å²) in [6.07, 6.45) is 3.33. The Morgan fingerprint density at radius 2 is 2.08 bits per heavy atom. The Balaban J connectivity index is 1.91. The van der Waals surface area contributed by atoms with Gasteiger partial charge in [0.1, 0.15) is 17.3 Å².